The van der Waals surface area contributed by atoms with Crippen LogP contribution in [0.25, 0.3) is 10.4 Å². The summed E-state index contributed by atoms with van der Waals surface area (Å²) in [7, 11) is 0. The smallest absolute Gasteiger partial charge is 0.350 e. The summed E-state index contributed by atoms with van der Waals surface area (Å²) < 4.78 is 5.12. The van der Waals surface area contributed by atoms with Gasteiger partial charge in [-0.15, -0.1) is 11.3 Å². The van der Waals surface area contributed by atoms with Crippen molar-refractivity contribution in [2.24, 2.45) is 5.92 Å². The average Bonchev–Trinajstić information content (AvgIpc) is 2.89. The molecule has 1 N–H and O–H groups in total. The number of carbonyl (C=O) groups is 2. The molecule has 2 aromatic rings. The molecule has 0 radical (unpaired) electrons. The zero-order valence-electron chi connectivity index (χ0n) is 13.6. The van der Waals surface area contributed by atoms with Crippen LogP contribution >= 0.6 is 34.5 Å². The Morgan fingerprint density at radius 1 is 1.28 bits per heavy atom. The van der Waals surface area contributed by atoms with Crippen LogP contribution in [-0.4, -0.2) is 18.5 Å². The van der Waals surface area contributed by atoms with E-state index < -0.39 is 5.97 Å². The number of esters is 1. The van der Waals surface area contributed by atoms with Gasteiger partial charge in [0.15, 0.2) is 0 Å². The van der Waals surface area contributed by atoms with E-state index in [1.54, 1.807) is 31.2 Å². The minimum atomic E-state index is -0.451. The molecule has 1 aromatic heterocycles. The SMILES string of the molecule is CCOC(=O)c1sc(-c2ccc(Cl)cc2Cl)cc1NC(=O)C1CCC1. The van der Waals surface area contributed by atoms with E-state index in [0.717, 1.165) is 29.7 Å². The first-order valence-electron chi connectivity index (χ1n) is 8.06. The van der Waals surface area contributed by atoms with E-state index in [4.69, 9.17) is 27.9 Å². The predicted molar refractivity (Wildman–Crippen MR) is 102 cm³/mol. The van der Waals surface area contributed by atoms with Crippen molar-refractivity contribution in [1.82, 2.24) is 0 Å². The summed E-state index contributed by atoms with van der Waals surface area (Å²) >= 11 is 13.5. The Balaban J connectivity index is 1.95. The maximum Gasteiger partial charge on any atom is 0.350 e. The largest absolute Gasteiger partial charge is 0.462 e. The van der Waals surface area contributed by atoms with E-state index in [2.05, 4.69) is 5.32 Å². The van der Waals surface area contributed by atoms with Crippen molar-refractivity contribution >= 4 is 52.1 Å². The minimum Gasteiger partial charge on any atom is -0.462 e. The van der Waals surface area contributed by atoms with Crippen LogP contribution in [0.2, 0.25) is 10.0 Å². The third-order valence-electron chi connectivity index (χ3n) is 4.12. The number of halogens is 2. The molecule has 1 aliphatic rings. The molecule has 25 heavy (non-hydrogen) atoms. The lowest BCUT2D eigenvalue weighted by molar-refractivity contribution is -0.122. The van der Waals surface area contributed by atoms with Gasteiger partial charge in [0.25, 0.3) is 0 Å². The molecule has 0 spiro atoms. The van der Waals surface area contributed by atoms with Crippen LogP contribution in [0.5, 0.6) is 0 Å². The molecular weight excluding hydrogens is 381 g/mol. The molecule has 3 rings (SSSR count). The van der Waals surface area contributed by atoms with Gasteiger partial charge in [-0.2, -0.15) is 0 Å². The van der Waals surface area contributed by atoms with Gasteiger partial charge in [-0.05, 0) is 38.0 Å². The number of carbonyl (C=O) groups excluding carboxylic acids is 2. The Morgan fingerprint density at radius 3 is 2.64 bits per heavy atom. The second-order valence-electron chi connectivity index (χ2n) is 5.82. The van der Waals surface area contributed by atoms with E-state index in [9.17, 15) is 9.59 Å². The maximum absolute atomic E-state index is 12.3. The molecule has 132 valence electrons. The van der Waals surface area contributed by atoms with Crippen molar-refractivity contribution in [2.45, 2.75) is 26.2 Å². The first kappa shape index (κ1) is 18.2. The van der Waals surface area contributed by atoms with Gasteiger partial charge in [0.05, 0.1) is 17.3 Å². The van der Waals surface area contributed by atoms with Crippen molar-refractivity contribution in [3.63, 3.8) is 0 Å². The monoisotopic (exact) mass is 397 g/mol. The molecule has 0 atom stereocenters. The maximum atomic E-state index is 12.3. The van der Waals surface area contributed by atoms with Crippen LogP contribution in [-0.2, 0) is 9.53 Å². The number of ether oxygens (including phenoxy) is 1. The summed E-state index contributed by atoms with van der Waals surface area (Å²) in [5, 5.41) is 3.90. The molecule has 1 aromatic carbocycles. The summed E-state index contributed by atoms with van der Waals surface area (Å²) in [6, 6.07) is 6.94. The molecular formula is C18H17Cl2NO3S. The molecule has 1 heterocycles. The molecule has 0 aliphatic heterocycles. The summed E-state index contributed by atoms with van der Waals surface area (Å²) in [5.74, 6) is -0.478. The second kappa shape index (κ2) is 7.77. The van der Waals surface area contributed by atoms with Gasteiger partial charge in [-0.1, -0.05) is 35.7 Å². The van der Waals surface area contributed by atoms with Gasteiger partial charge < -0.3 is 10.1 Å². The van der Waals surface area contributed by atoms with Gasteiger partial charge in [-0.25, -0.2) is 4.79 Å². The van der Waals surface area contributed by atoms with Crippen LogP contribution in [0, 0.1) is 5.92 Å². The van der Waals surface area contributed by atoms with Crippen LogP contribution < -0.4 is 5.32 Å². The predicted octanol–water partition coefficient (Wildman–Crippen LogP) is 5.64. The number of hydrogen-bond donors (Lipinski definition) is 1. The molecule has 1 aliphatic carbocycles. The average molecular weight is 398 g/mol. The van der Waals surface area contributed by atoms with Crippen LogP contribution in [0.4, 0.5) is 5.69 Å². The number of hydrogen-bond acceptors (Lipinski definition) is 4. The van der Waals surface area contributed by atoms with E-state index >= 15 is 0 Å². The number of nitrogens with one attached hydrogen (secondary N) is 1. The van der Waals surface area contributed by atoms with Crippen molar-refractivity contribution in [1.29, 1.82) is 0 Å². The first-order chi connectivity index (χ1) is 12.0. The van der Waals surface area contributed by atoms with Gasteiger partial charge in [-0.3, -0.25) is 4.79 Å². The Labute approximate surface area is 160 Å². The Bertz CT molecular complexity index is 815. The first-order valence-corrected chi connectivity index (χ1v) is 9.64. The molecule has 0 saturated heterocycles. The summed E-state index contributed by atoms with van der Waals surface area (Å²) in [6.45, 7) is 2.01. The topological polar surface area (TPSA) is 55.4 Å². The van der Waals surface area contributed by atoms with Crippen LogP contribution in [0.3, 0.4) is 0 Å². The normalized spacial score (nSPS) is 14.0. The summed E-state index contributed by atoms with van der Waals surface area (Å²) in [6.07, 6.45) is 2.85. The number of rotatable bonds is 5. The zero-order chi connectivity index (χ0) is 18.0. The fraction of sp³-hybridized carbons (Fsp3) is 0.333. The lowest BCUT2D eigenvalue weighted by Gasteiger charge is -2.23. The van der Waals surface area contributed by atoms with Crippen molar-refractivity contribution in [3.8, 4) is 10.4 Å². The molecule has 4 nitrogen and oxygen atoms in total. The van der Waals surface area contributed by atoms with Crippen LogP contribution in [0.1, 0.15) is 35.9 Å². The Morgan fingerprint density at radius 2 is 2.04 bits per heavy atom. The molecule has 1 saturated carbocycles. The fourth-order valence-electron chi connectivity index (χ4n) is 2.56. The minimum absolute atomic E-state index is 0.0255. The lowest BCUT2D eigenvalue weighted by atomic mass is 9.85. The van der Waals surface area contributed by atoms with Crippen molar-refractivity contribution < 1.29 is 14.3 Å². The highest BCUT2D eigenvalue weighted by Crippen LogP contribution is 2.40. The summed E-state index contributed by atoms with van der Waals surface area (Å²) in [4.78, 5) is 25.7. The van der Waals surface area contributed by atoms with Gasteiger partial charge in [0.1, 0.15) is 4.88 Å². The standard InChI is InChI=1S/C18H17Cl2NO3S/c1-2-24-18(23)16-14(21-17(22)10-4-3-5-10)9-15(25-16)12-7-6-11(19)8-13(12)20/h6-10H,2-5H2,1H3,(H,21,22). The van der Waals surface area contributed by atoms with Crippen molar-refractivity contribution in [2.75, 3.05) is 11.9 Å². The summed E-state index contributed by atoms with van der Waals surface area (Å²) in [5.41, 5.74) is 1.23. The number of thiophene rings is 1. The highest BCUT2D eigenvalue weighted by molar-refractivity contribution is 7.18. The zero-order valence-corrected chi connectivity index (χ0v) is 15.9. The van der Waals surface area contributed by atoms with Crippen LogP contribution in [0.15, 0.2) is 24.3 Å². The Hall–Kier alpha value is -1.56. The number of amides is 1. The highest BCUT2D eigenvalue weighted by Gasteiger charge is 2.28. The van der Waals surface area contributed by atoms with E-state index in [-0.39, 0.29) is 18.4 Å². The van der Waals surface area contributed by atoms with E-state index in [1.807, 2.05) is 0 Å². The molecule has 7 heteroatoms. The Kier molecular flexibility index (Phi) is 5.67. The van der Waals surface area contributed by atoms with E-state index in [0.29, 0.717) is 20.6 Å². The third-order valence-corrected chi connectivity index (χ3v) is 5.82. The van der Waals surface area contributed by atoms with Gasteiger partial charge in [0.2, 0.25) is 5.91 Å². The quantitative estimate of drug-likeness (QED) is 0.664. The second-order valence-corrected chi connectivity index (χ2v) is 7.71. The molecule has 0 bridgehead atoms. The highest BCUT2D eigenvalue weighted by atomic mass is 35.5. The number of anilines is 1. The number of benzene rings is 1. The van der Waals surface area contributed by atoms with Gasteiger partial charge in [0, 0.05) is 21.4 Å². The third kappa shape index (κ3) is 4.00. The van der Waals surface area contributed by atoms with E-state index in [1.165, 1.54) is 11.3 Å². The molecule has 1 fully saturated rings. The lowest BCUT2D eigenvalue weighted by Crippen LogP contribution is -2.28. The molecule has 0 unspecified atom stereocenters. The van der Waals surface area contributed by atoms with Crippen molar-refractivity contribution in [3.05, 3.63) is 39.2 Å². The fourth-order valence-corrected chi connectivity index (χ4v) is 4.17. The van der Waals surface area contributed by atoms with Gasteiger partial charge >= 0.3 is 5.97 Å². The molecule has 1 amide bonds.